The summed E-state index contributed by atoms with van der Waals surface area (Å²) in [7, 11) is -2.66. The molecule has 3 heterocycles. The minimum atomic E-state index is -3.28. The lowest BCUT2D eigenvalue weighted by molar-refractivity contribution is -0.0454. The van der Waals surface area contributed by atoms with E-state index >= 15 is 0 Å². The van der Waals surface area contributed by atoms with Crippen LogP contribution in [-0.4, -0.2) is 29.1 Å². The summed E-state index contributed by atoms with van der Waals surface area (Å²) in [6.45, 7) is 2.67. The van der Waals surface area contributed by atoms with Gasteiger partial charge in [0.15, 0.2) is 11.4 Å². The van der Waals surface area contributed by atoms with Crippen LogP contribution in [0.2, 0.25) is 0 Å². The molecule has 0 spiro atoms. The molecule has 0 unspecified atom stereocenters. The van der Waals surface area contributed by atoms with Crippen molar-refractivity contribution in [2.24, 2.45) is 11.1 Å². The van der Waals surface area contributed by atoms with Gasteiger partial charge >= 0.3 is 5.69 Å². The molecule has 4 N–H and O–H groups in total. The number of benzene rings is 2. The monoisotopic (exact) mass is 550 g/mol. The van der Waals surface area contributed by atoms with Gasteiger partial charge in [0.05, 0.1) is 10.9 Å². The van der Waals surface area contributed by atoms with Gasteiger partial charge in [-0.15, -0.1) is 10.8 Å². The average molecular weight is 550 g/mol. The SMILES string of the molecule is CCS(N)(O)O.C[C@@H]1Cn2c(cn(-c3noc4cc(F)cc(-c5c(F)cc(F)cc5F)c34)c2=O)C1(F)F. The first-order valence-electron chi connectivity index (χ1n) is 10.6. The number of alkyl halides is 2. The number of fused-ring (bicyclic) bond motifs is 2. The highest BCUT2D eigenvalue weighted by atomic mass is 32.3. The van der Waals surface area contributed by atoms with Crippen LogP contribution in [0.3, 0.4) is 0 Å². The third-order valence-corrected chi connectivity index (χ3v) is 6.70. The van der Waals surface area contributed by atoms with Crippen LogP contribution in [-0.2, 0) is 12.5 Å². The van der Waals surface area contributed by atoms with Crippen molar-refractivity contribution in [1.29, 1.82) is 0 Å². The van der Waals surface area contributed by atoms with E-state index in [9.17, 15) is 31.1 Å². The number of halogens is 6. The molecule has 0 amide bonds. The van der Waals surface area contributed by atoms with Crippen molar-refractivity contribution in [3.05, 3.63) is 69.9 Å². The Kier molecular flexibility index (Phi) is 6.69. The van der Waals surface area contributed by atoms with Gasteiger partial charge < -0.3 is 4.52 Å². The van der Waals surface area contributed by atoms with Crippen LogP contribution in [0.15, 0.2) is 39.8 Å². The Hall–Kier alpha value is -3.27. The number of aromatic nitrogens is 3. The van der Waals surface area contributed by atoms with Gasteiger partial charge in [-0.25, -0.2) is 32.1 Å². The molecule has 2 aromatic carbocycles. The first-order valence-corrected chi connectivity index (χ1v) is 12.4. The fraction of sp³-hybridized carbons (Fsp3) is 0.273. The third-order valence-electron chi connectivity index (χ3n) is 5.85. The highest BCUT2D eigenvalue weighted by Gasteiger charge is 2.48. The summed E-state index contributed by atoms with van der Waals surface area (Å²) >= 11 is 0. The molecule has 0 radical (unpaired) electrons. The standard InChI is InChI=1S/C20H11F6N3O2.C2H9NO2S/c1-8-6-28-15(20(8,25)26)7-29(19(28)30)18-17-11(2-9(21)5-14(17)31-27-18)16-12(23)3-10(22)4-13(16)24;1-2-6(3,4)5/h2-5,7-8H,6H2,1H3;4-5H,2-3H2,1H3/t8-;/m1./s1. The fourth-order valence-corrected chi connectivity index (χ4v) is 3.90. The van der Waals surface area contributed by atoms with E-state index in [1.807, 2.05) is 0 Å². The number of hydrogen-bond acceptors (Lipinski definition) is 6. The molecule has 0 saturated heterocycles. The van der Waals surface area contributed by atoms with Crippen LogP contribution in [0.25, 0.3) is 27.9 Å². The Balaban J connectivity index is 0.000000480. The van der Waals surface area contributed by atoms with Crippen LogP contribution in [0.1, 0.15) is 19.5 Å². The van der Waals surface area contributed by atoms with E-state index in [1.54, 1.807) is 6.92 Å². The number of nitrogens with zero attached hydrogens (tertiary/aromatic N) is 3. The maximum Gasteiger partial charge on any atom is 0.334 e. The van der Waals surface area contributed by atoms with Crippen molar-refractivity contribution in [3.8, 4) is 16.9 Å². The third kappa shape index (κ3) is 4.74. The van der Waals surface area contributed by atoms with Gasteiger partial charge in [0.2, 0.25) is 0 Å². The normalized spacial score (nSPS) is 17.0. The highest BCUT2D eigenvalue weighted by Crippen LogP contribution is 2.42. The molecule has 8 nitrogen and oxygen atoms in total. The van der Waals surface area contributed by atoms with Crippen molar-refractivity contribution in [2.75, 3.05) is 5.75 Å². The number of imidazole rings is 1. The summed E-state index contributed by atoms with van der Waals surface area (Å²) in [4.78, 5) is 12.8. The molecule has 0 saturated carbocycles. The van der Waals surface area contributed by atoms with Crippen LogP contribution < -0.4 is 10.8 Å². The van der Waals surface area contributed by atoms with Gasteiger partial charge in [-0.1, -0.05) is 12.1 Å². The van der Waals surface area contributed by atoms with E-state index in [1.165, 1.54) is 6.92 Å². The zero-order valence-electron chi connectivity index (χ0n) is 19.2. The first-order chi connectivity index (χ1) is 17.2. The average Bonchev–Trinajstić information content (AvgIpc) is 3.40. The molecule has 4 aromatic rings. The molecule has 2 aromatic heterocycles. The molecule has 1 aliphatic heterocycles. The lowest BCUT2D eigenvalue weighted by atomic mass is 10.00. The predicted octanol–water partition coefficient (Wildman–Crippen LogP) is 5.38. The largest absolute Gasteiger partial charge is 0.354 e. The molecule has 0 aliphatic carbocycles. The number of rotatable bonds is 3. The molecule has 0 bridgehead atoms. The molecular formula is C22H20F6N4O4S. The summed E-state index contributed by atoms with van der Waals surface area (Å²) in [5.41, 5.74) is -2.91. The predicted molar refractivity (Wildman–Crippen MR) is 123 cm³/mol. The topological polar surface area (TPSA) is 119 Å². The smallest absolute Gasteiger partial charge is 0.334 e. The fourth-order valence-electron chi connectivity index (χ4n) is 3.90. The molecule has 15 heteroatoms. The minimum Gasteiger partial charge on any atom is -0.354 e. The Morgan fingerprint density at radius 2 is 1.70 bits per heavy atom. The second kappa shape index (κ2) is 9.24. The summed E-state index contributed by atoms with van der Waals surface area (Å²) in [5, 5.41) is 8.18. The minimum absolute atomic E-state index is 0.200. The van der Waals surface area contributed by atoms with Gasteiger partial charge in [-0.2, -0.15) is 8.78 Å². The maximum atomic E-state index is 14.4. The number of hydrogen-bond donors (Lipinski definition) is 3. The van der Waals surface area contributed by atoms with Crippen molar-refractivity contribution >= 4 is 21.7 Å². The molecule has 5 rings (SSSR count). The van der Waals surface area contributed by atoms with E-state index in [4.69, 9.17) is 18.8 Å². The Bertz CT molecular complexity index is 1540. The van der Waals surface area contributed by atoms with E-state index in [0.717, 1.165) is 27.5 Å². The summed E-state index contributed by atoms with van der Waals surface area (Å²) in [6.07, 6.45) is 0.869. The van der Waals surface area contributed by atoms with E-state index in [2.05, 4.69) is 5.16 Å². The van der Waals surface area contributed by atoms with Gasteiger partial charge in [-0.05, 0) is 13.0 Å². The molecular weight excluding hydrogens is 530 g/mol. The molecule has 1 atom stereocenters. The van der Waals surface area contributed by atoms with Crippen LogP contribution in [0.5, 0.6) is 0 Å². The maximum absolute atomic E-state index is 14.4. The van der Waals surface area contributed by atoms with E-state index in [0.29, 0.717) is 12.1 Å². The second-order valence-corrected chi connectivity index (χ2v) is 10.4. The number of nitrogens with two attached hydrogens (primary N) is 1. The van der Waals surface area contributed by atoms with Gasteiger partial charge in [0.1, 0.15) is 29.0 Å². The van der Waals surface area contributed by atoms with Gasteiger partial charge in [0.25, 0.3) is 5.92 Å². The molecule has 37 heavy (non-hydrogen) atoms. The lowest BCUT2D eigenvalue weighted by Gasteiger charge is -2.22. The lowest BCUT2D eigenvalue weighted by Crippen LogP contribution is -2.24. The summed E-state index contributed by atoms with van der Waals surface area (Å²) < 4.78 is 108. The zero-order valence-corrected chi connectivity index (χ0v) is 20.0. The van der Waals surface area contributed by atoms with Crippen LogP contribution in [0, 0.1) is 29.2 Å². The van der Waals surface area contributed by atoms with E-state index in [-0.39, 0.29) is 29.1 Å². The highest BCUT2D eigenvalue weighted by molar-refractivity contribution is 8.22. The first kappa shape index (κ1) is 26.8. The zero-order chi connectivity index (χ0) is 27.4. The quantitative estimate of drug-likeness (QED) is 0.295. The Labute approximate surface area is 206 Å². The van der Waals surface area contributed by atoms with Gasteiger partial charge in [-0.3, -0.25) is 13.7 Å². The molecule has 200 valence electrons. The van der Waals surface area contributed by atoms with Gasteiger partial charge in [0, 0.05) is 48.2 Å². The second-order valence-electron chi connectivity index (χ2n) is 8.38. The van der Waals surface area contributed by atoms with Crippen molar-refractivity contribution in [3.63, 3.8) is 0 Å². The molecule has 1 aliphatic rings. The van der Waals surface area contributed by atoms with Crippen molar-refractivity contribution in [1.82, 2.24) is 14.3 Å². The molecule has 0 fully saturated rings. The summed E-state index contributed by atoms with van der Waals surface area (Å²) in [5.74, 6) is -9.29. The van der Waals surface area contributed by atoms with Crippen LogP contribution >= 0.6 is 10.8 Å². The van der Waals surface area contributed by atoms with Crippen LogP contribution in [0.4, 0.5) is 26.3 Å². The Morgan fingerprint density at radius 1 is 1.14 bits per heavy atom. The van der Waals surface area contributed by atoms with Crippen molar-refractivity contribution < 1.29 is 40.0 Å². The summed E-state index contributed by atoms with van der Waals surface area (Å²) in [6, 6.07) is 2.43. The Morgan fingerprint density at radius 3 is 2.24 bits per heavy atom. The van der Waals surface area contributed by atoms with E-state index < -0.39 is 68.4 Å². The van der Waals surface area contributed by atoms with Crippen molar-refractivity contribution in [2.45, 2.75) is 26.3 Å².